The first-order valence-corrected chi connectivity index (χ1v) is 7.66. The number of benzene rings is 2. The van der Waals surface area contributed by atoms with Crippen LogP contribution in [-0.2, 0) is 9.84 Å². The minimum Gasteiger partial charge on any atom is -0.493 e. The van der Waals surface area contributed by atoms with Crippen molar-refractivity contribution >= 4 is 9.84 Å². The van der Waals surface area contributed by atoms with Gasteiger partial charge < -0.3 is 4.74 Å². The molecule has 21 heavy (non-hydrogen) atoms. The van der Waals surface area contributed by atoms with Gasteiger partial charge >= 0.3 is 0 Å². The summed E-state index contributed by atoms with van der Waals surface area (Å²) in [6.45, 7) is 0. The zero-order chi connectivity index (χ0) is 15.8. The molecule has 0 bridgehead atoms. The predicted molar refractivity (Wildman–Crippen MR) is 71.4 cm³/mol. The highest BCUT2D eigenvalue weighted by Crippen LogP contribution is 2.36. The number of ether oxygens (including phenoxy) is 1. The van der Waals surface area contributed by atoms with Crippen LogP contribution >= 0.6 is 0 Å². The molecule has 0 spiro atoms. The van der Waals surface area contributed by atoms with Gasteiger partial charge in [0.1, 0.15) is 11.6 Å². The number of methoxy groups -OCH3 is 1. The standard InChI is InChI=1S/C14H11F3O3S/c1-20-14-11(10-4-3-8(15)5-12(10)16)6-9(7-13(14)17)21(2,18)19/h3-7H,1-2H3. The van der Waals surface area contributed by atoms with E-state index in [0.29, 0.717) is 6.07 Å². The number of sulfone groups is 1. The number of halogens is 3. The molecule has 0 saturated carbocycles. The summed E-state index contributed by atoms with van der Waals surface area (Å²) in [5.74, 6) is -3.00. The molecule has 0 saturated heterocycles. The van der Waals surface area contributed by atoms with E-state index in [1.165, 1.54) is 7.11 Å². The Morgan fingerprint density at radius 2 is 1.62 bits per heavy atom. The SMILES string of the molecule is COc1c(F)cc(S(C)(=O)=O)cc1-c1ccc(F)cc1F. The molecule has 0 atom stereocenters. The van der Waals surface area contributed by atoms with Gasteiger partial charge in [-0.2, -0.15) is 0 Å². The van der Waals surface area contributed by atoms with Crippen LogP contribution in [0.4, 0.5) is 13.2 Å². The van der Waals surface area contributed by atoms with Gasteiger partial charge in [-0.3, -0.25) is 0 Å². The molecule has 2 aromatic carbocycles. The number of rotatable bonds is 3. The maximum absolute atomic E-state index is 14.0. The van der Waals surface area contributed by atoms with Gasteiger partial charge in [0.25, 0.3) is 0 Å². The second-order valence-electron chi connectivity index (χ2n) is 4.38. The van der Waals surface area contributed by atoms with E-state index in [1.54, 1.807) is 0 Å². The third kappa shape index (κ3) is 3.02. The molecule has 3 nitrogen and oxygen atoms in total. The van der Waals surface area contributed by atoms with Crippen LogP contribution in [0.25, 0.3) is 11.1 Å². The summed E-state index contributed by atoms with van der Waals surface area (Å²) in [5, 5.41) is 0. The molecule has 2 aromatic rings. The molecule has 0 amide bonds. The van der Waals surface area contributed by atoms with Crippen LogP contribution < -0.4 is 4.74 Å². The van der Waals surface area contributed by atoms with Crippen LogP contribution in [0.15, 0.2) is 35.2 Å². The lowest BCUT2D eigenvalue weighted by molar-refractivity contribution is 0.387. The molecule has 0 unspecified atom stereocenters. The smallest absolute Gasteiger partial charge is 0.175 e. The van der Waals surface area contributed by atoms with Gasteiger partial charge in [-0.25, -0.2) is 21.6 Å². The lowest BCUT2D eigenvalue weighted by Crippen LogP contribution is -2.02. The zero-order valence-corrected chi connectivity index (χ0v) is 12.0. The Bertz CT molecular complexity index is 801. The summed E-state index contributed by atoms with van der Waals surface area (Å²) in [6, 6.07) is 4.59. The highest BCUT2D eigenvalue weighted by Gasteiger charge is 2.20. The van der Waals surface area contributed by atoms with Crippen molar-refractivity contribution in [2.75, 3.05) is 13.4 Å². The molecule has 0 N–H and O–H groups in total. The van der Waals surface area contributed by atoms with Crippen molar-refractivity contribution in [3.8, 4) is 16.9 Å². The Labute approximate surface area is 119 Å². The zero-order valence-electron chi connectivity index (χ0n) is 11.2. The third-order valence-electron chi connectivity index (χ3n) is 2.87. The molecule has 0 radical (unpaired) electrons. The molecule has 0 aromatic heterocycles. The summed E-state index contributed by atoms with van der Waals surface area (Å²) in [4.78, 5) is -0.320. The Kier molecular flexibility index (Phi) is 3.95. The fraction of sp³-hybridized carbons (Fsp3) is 0.143. The molecule has 2 rings (SSSR count). The lowest BCUT2D eigenvalue weighted by atomic mass is 10.0. The van der Waals surface area contributed by atoms with Crippen LogP contribution in [0.1, 0.15) is 0 Å². The summed E-state index contributed by atoms with van der Waals surface area (Å²) in [5.41, 5.74) is -0.256. The molecule has 0 heterocycles. The molecular weight excluding hydrogens is 305 g/mol. The van der Waals surface area contributed by atoms with Crippen LogP contribution in [0, 0.1) is 17.5 Å². The minimum atomic E-state index is -3.69. The molecular formula is C14H11F3O3S. The largest absolute Gasteiger partial charge is 0.493 e. The fourth-order valence-electron chi connectivity index (χ4n) is 1.90. The predicted octanol–water partition coefficient (Wildman–Crippen LogP) is 3.18. The van der Waals surface area contributed by atoms with Crippen molar-refractivity contribution in [2.45, 2.75) is 4.90 Å². The summed E-state index contributed by atoms with van der Waals surface area (Å²) < 4.78 is 68.7. The van der Waals surface area contributed by atoms with Crippen LogP contribution in [0.2, 0.25) is 0 Å². The Morgan fingerprint density at radius 1 is 0.952 bits per heavy atom. The topological polar surface area (TPSA) is 43.4 Å². The molecule has 0 aliphatic rings. The second kappa shape index (κ2) is 5.40. The molecule has 0 aliphatic heterocycles. The Balaban J connectivity index is 2.80. The maximum Gasteiger partial charge on any atom is 0.175 e. The van der Waals surface area contributed by atoms with Crippen molar-refractivity contribution in [1.82, 2.24) is 0 Å². The van der Waals surface area contributed by atoms with E-state index in [0.717, 1.165) is 30.5 Å². The highest BCUT2D eigenvalue weighted by atomic mass is 32.2. The maximum atomic E-state index is 14.0. The summed E-state index contributed by atoms with van der Waals surface area (Å²) >= 11 is 0. The molecule has 0 aliphatic carbocycles. The number of hydrogen-bond donors (Lipinski definition) is 0. The Morgan fingerprint density at radius 3 is 2.14 bits per heavy atom. The van der Waals surface area contributed by atoms with E-state index in [-0.39, 0.29) is 21.8 Å². The van der Waals surface area contributed by atoms with E-state index in [4.69, 9.17) is 4.74 Å². The van der Waals surface area contributed by atoms with E-state index < -0.39 is 27.3 Å². The van der Waals surface area contributed by atoms with Gasteiger partial charge in [0, 0.05) is 23.4 Å². The van der Waals surface area contributed by atoms with Gasteiger partial charge in [0.05, 0.1) is 12.0 Å². The summed E-state index contributed by atoms with van der Waals surface area (Å²) in [6.07, 6.45) is 0.902. The van der Waals surface area contributed by atoms with Gasteiger partial charge in [0.2, 0.25) is 0 Å². The van der Waals surface area contributed by atoms with Crippen LogP contribution in [0.5, 0.6) is 5.75 Å². The van der Waals surface area contributed by atoms with Crippen molar-refractivity contribution in [1.29, 1.82) is 0 Å². The molecule has 7 heteroatoms. The van der Waals surface area contributed by atoms with Gasteiger partial charge in [-0.1, -0.05) is 0 Å². The van der Waals surface area contributed by atoms with E-state index in [1.807, 2.05) is 0 Å². The van der Waals surface area contributed by atoms with Gasteiger partial charge in [-0.05, 0) is 24.3 Å². The van der Waals surface area contributed by atoms with E-state index in [2.05, 4.69) is 0 Å². The van der Waals surface area contributed by atoms with Crippen molar-refractivity contribution in [2.24, 2.45) is 0 Å². The first-order valence-electron chi connectivity index (χ1n) is 5.77. The average Bonchev–Trinajstić information content (AvgIpc) is 2.36. The monoisotopic (exact) mass is 316 g/mol. The first kappa shape index (κ1) is 15.4. The van der Waals surface area contributed by atoms with Crippen LogP contribution in [-0.4, -0.2) is 21.8 Å². The normalized spacial score (nSPS) is 11.5. The average molecular weight is 316 g/mol. The van der Waals surface area contributed by atoms with Crippen LogP contribution in [0.3, 0.4) is 0 Å². The van der Waals surface area contributed by atoms with Crippen molar-refractivity contribution in [3.05, 3.63) is 47.8 Å². The molecule has 0 fully saturated rings. The second-order valence-corrected chi connectivity index (χ2v) is 6.40. The van der Waals surface area contributed by atoms with Gasteiger partial charge in [-0.15, -0.1) is 0 Å². The van der Waals surface area contributed by atoms with Gasteiger partial charge in [0.15, 0.2) is 21.4 Å². The van der Waals surface area contributed by atoms with E-state index in [9.17, 15) is 21.6 Å². The lowest BCUT2D eigenvalue weighted by Gasteiger charge is -2.12. The Hall–Kier alpha value is -2.02. The van der Waals surface area contributed by atoms with E-state index >= 15 is 0 Å². The third-order valence-corrected chi connectivity index (χ3v) is 3.96. The number of hydrogen-bond acceptors (Lipinski definition) is 3. The van der Waals surface area contributed by atoms with Crippen molar-refractivity contribution in [3.63, 3.8) is 0 Å². The fourth-order valence-corrected chi connectivity index (χ4v) is 2.55. The molecule has 112 valence electrons. The quantitative estimate of drug-likeness (QED) is 0.873. The minimum absolute atomic E-state index is 0.101. The first-order chi connectivity index (χ1) is 9.74. The summed E-state index contributed by atoms with van der Waals surface area (Å²) in [7, 11) is -2.52. The van der Waals surface area contributed by atoms with Crippen molar-refractivity contribution < 1.29 is 26.3 Å². The highest BCUT2D eigenvalue weighted by molar-refractivity contribution is 7.90.